The van der Waals surface area contributed by atoms with Crippen molar-refractivity contribution in [3.8, 4) is 0 Å². The molecular formula is C18H18INO2. The van der Waals surface area contributed by atoms with Crippen LogP contribution in [0, 0.1) is 0 Å². The quantitative estimate of drug-likeness (QED) is 0.549. The Kier molecular flexibility index (Phi) is 4.97. The summed E-state index contributed by atoms with van der Waals surface area (Å²) >= 11 is 2.29. The summed E-state index contributed by atoms with van der Waals surface area (Å²) < 4.78 is 6.35. The van der Waals surface area contributed by atoms with Gasteiger partial charge in [-0.3, -0.25) is 4.90 Å². The number of alkyl halides is 1. The van der Waals surface area contributed by atoms with E-state index in [0.29, 0.717) is 6.54 Å². The van der Waals surface area contributed by atoms with Gasteiger partial charge in [0.25, 0.3) is 0 Å². The molecule has 3 nitrogen and oxygen atoms in total. The number of carbonyl (C=O) groups excluding carboxylic acids is 1. The van der Waals surface area contributed by atoms with Gasteiger partial charge in [-0.2, -0.15) is 0 Å². The molecule has 2 aromatic rings. The summed E-state index contributed by atoms with van der Waals surface area (Å²) in [4.78, 5) is 14.1. The molecule has 0 unspecified atom stereocenters. The third-order valence-corrected chi connectivity index (χ3v) is 4.82. The fraction of sp³-hybridized carbons (Fsp3) is 0.278. The molecule has 0 aliphatic carbocycles. The summed E-state index contributed by atoms with van der Waals surface area (Å²) in [6.45, 7) is 0.676. The molecule has 1 heterocycles. The molecule has 0 saturated carbocycles. The second-order valence-electron chi connectivity index (χ2n) is 5.36. The van der Waals surface area contributed by atoms with E-state index in [0.717, 1.165) is 16.4 Å². The van der Waals surface area contributed by atoms with Crippen LogP contribution in [0.25, 0.3) is 0 Å². The lowest BCUT2D eigenvalue weighted by molar-refractivity contribution is 0.139. The average Bonchev–Trinajstić information content (AvgIpc) is 2.90. The first-order chi connectivity index (χ1) is 10.8. The van der Waals surface area contributed by atoms with Crippen LogP contribution in [-0.2, 0) is 11.2 Å². The predicted molar refractivity (Wildman–Crippen MR) is 95.2 cm³/mol. The second kappa shape index (κ2) is 7.13. The normalized spacial score (nSPS) is 21.0. The van der Waals surface area contributed by atoms with Crippen molar-refractivity contribution in [3.63, 3.8) is 0 Å². The third kappa shape index (κ3) is 3.27. The predicted octanol–water partition coefficient (Wildman–Crippen LogP) is 4.23. The molecule has 3 rings (SSSR count). The van der Waals surface area contributed by atoms with Crippen LogP contribution in [0.1, 0.15) is 17.2 Å². The average molecular weight is 407 g/mol. The Balaban J connectivity index is 1.79. The molecule has 1 aliphatic rings. The van der Waals surface area contributed by atoms with Crippen LogP contribution in [0.15, 0.2) is 60.7 Å². The van der Waals surface area contributed by atoms with Crippen LogP contribution in [0.3, 0.4) is 0 Å². The Bertz CT molecular complexity index is 617. The van der Waals surface area contributed by atoms with Crippen molar-refractivity contribution in [2.45, 2.75) is 18.6 Å². The van der Waals surface area contributed by atoms with Crippen LogP contribution < -0.4 is 0 Å². The summed E-state index contributed by atoms with van der Waals surface area (Å²) in [7, 11) is 0. The van der Waals surface area contributed by atoms with E-state index in [-0.39, 0.29) is 18.2 Å². The van der Waals surface area contributed by atoms with Gasteiger partial charge in [0.2, 0.25) is 0 Å². The third-order valence-electron chi connectivity index (χ3n) is 3.95. The number of ether oxygens (including phenoxy) is 1. The Morgan fingerprint density at radius 1 is 1.00 bits per heavy atom. The van der Waals surface area contributed by atoms with E-state index in [2.05, 4.69) is 46.9 Å². The van der Waals surface area contributed by atoms with Crippen molar-refractivity contribution in [2.24, 2.45) is 0 Å². The zero-order chi connectivity index (χ0) is 15.4. The maximum absolute atomic E-state index is 12.2. The fourth-order valence-corrected chi connectivity index (χ4v) is 3.52. The molecular weight excluding hydrogens is 389 g/mol. The van der Waals surface area contributed by atoms with Gasteiger partial charge in [0, 0.05) is 11.0 Å². The molecule has 2 atom stereocenters. The molecule has 1 amide bonds. The first-order valence-corrected chi connectivity index (χ1v) is 8.94. The zero-order valence-electron chi connectivity index (χ0n) is 12.2. The van der Waals surface area contributed by atoms with Crippen molar-refractivity contribution in [1.29, 1.82) is 0 Å². The van der Waals surface area contributed by atoms with Crippen molar-refractivity contribution in [3.05, 3.63) is 71.8 Å². The molecule has 4 heteroatoms. The van der Waals surface area contributed by atoms with Crippen molar-refractivity contribution < 1.29 is 9.53 Å². The van der Waals surface area contributed by atoms with Crippen LogP contribution in [-0.4, -0.2) is 28.1 Å². The lowest BCUT2D eigenvalue weighted by Gasteiger charge is -2.24. The van der Waals surface area contributed by atoms with Gasteiger partial charge in [-0.1, -0.05) is 83.3 Å². The maximum Gasteiger partial charge on any atom is 0.410 e. The summed E-state index contributed by atoms with van der Waals surface area (Å²) in [5, 5.41) is 0. The number of carbonyl (C=O) groups is 1. The highest BCUT2D eigenvalue weighted by Gasteiger charge is 2.41. The molecule has 22 heavy (non-hydrogen) atoms. The largest absolute Gasteiger partial charge is 0.443 e. The van der Waals surface area contributed by atoms with E-state index in [9.17, 15) is 4.79 Å². The maximum atomic E-state index is 12.2. The number of rotatable bonds is 5. The van der Waals surface area contributed by atoms with Gasteiger partial charge >= 0.3 is 6.09 Å². The molecule has 0 bridgehead atoms. The molecule has 114 valence electrons. The smallest absolute Gasteiger partial charge is 0.410 e. The summed E-state index contributed by atoms with van der Waals surface area (Å²) in [5.74, 6) is 0. The lowest BCUT2D eigenvalue weighted by Crippen LogP contribution is -2.31. The minimum atomic E-state index is -0.202. The minimum Gasteiger partial charge on any atom is -0.443 e. The van der Waals surface area contributed by atoms with E-state index in [4.69, 9.17) is 4.74 Å². The van der Waals surface area contributed by atoms with Crippen LogP contribution in [0.4, 0.5) is 4.79 Å². The van der Waals surface area contributed by atoms with E-state index in [1.807, 2.05) is 41.3 Å². The van der Waals surface area contributed by atoms with Gasteiger partial charge in [0.15, 0.2) is 0 Å². The van der Waals surface area contributed by atoms with Crippen LogP contribution in [0.2, 0.25) is 0 Å². The molecule has 1 fully saturated rings. The molecule has 1 aliphatic heterocycles. The number of halogens is 1. The van der Waals surface area contributed by atoms with Gasteiger partial charge in [-0.05, 0) is 17.5 Å². The molecule has 0 radical (unpaired) electrons. The first kappa shape index (κ1) is 15.3. The number of benzene rings is 2. The van der Waals surface area contributed by atoms with E-state index < -0.39 is 0 Å². The summed E-state index contributed by atoms with van der Waals surface area (Å²) in [5.41, 5.74) is 2.38. The van der Waals surface area contributed by atoms with Crippen molar-refractivity contribution in [1.82, 2.24) is 4.90 Å². The number of nitrogens with zero attached hydrogens (tertiary/aromatic N) is 1. The van der Waals surface area contributed by atoms with E-state index >= 15 is 0 Å². The zero-order valence-corrected chi connectivity index (χ0v) is 14.3. The van der Waals surface area contributed by atoms with Gasteiger partial charge in [0.05, 0.1) is 6.04 Å². The Morgan fingerprint density at radius 3 is 2.27 bits per heavy atom. The number of cyclic esters (lactones) is 1. The van der Waals surface area contributed by atoms with Crippen molar-refractivity contribution >= 4 is 28.7 Å². The Labute approximate surface area is 144 Å². The number of hydrogen-bond acceptors (Lipinski definition) is 2. The van der Waals surface area contributed by atoms with Gasteiger partial charge in [-0.25, -0.2) is 4.79 Å². The summed E-state index contributed by atoms with van der Waals surface area (Å²) in [6, 6.07) is 20.4. The second-order valence-corrected chi connectivity index (χ2v) is 6.24. The topological polar surface area (TPSA) is 29.5 Å². The Morgan fingerprint density at radius 2 is 1.64 bits per heavy atom. The van der Waals surface area contributed by atoms with Crippen LogP contribution >= 0.6 is 22.6 Å². The highest BCUT2D eigenvalue weighted by molar-refractivity contribution is 14.1. The first-order valence-electron chi connectivity index (χ1n) is 7.41. The van der Waals surface area contributed by atoms with E-state index in [1.165, 1.54) is 5.56 Å². The number of amides is 1. The standard InChI is InChI=1S/C18H18INO2/c19-13-16-17(15-9-5-2-6-10-15)20(18(21)22-16)12-11-14-7-3-1-4-8-14/h1-10,16-17H,11-13H2/t16-,17+/m0/s1. The Hall–Kier alpha value is -1.56. The molecule has 0 N–H and O–H groups in total. The van der Waals surface area contributed by atoms with Gasteiger partial charge in [0.1, 0.15) is 6.10 Å². The molecule has 0 aromatic heterocycles. The fourth-order valence-electron chi connectivity index (χ4n) is 2.86. The summed E-state index contributed by atoms with van der Waals surface area (Å²) in [6.07, 6.45) is 0.561. The van der Waals surface area contributed by atoms with Gasteiger partial charge in [-0.15, -0.1) is 0 Å². The SMILES string of the molecule is O=C1O[C@@H](CI)[C@@H](c2ccccc2)N1CCc1ccccc1. The lowest BCUT2D eigenvalue weighted by atomic mass is 10.0. The van der Waals surface area contributed by atoms with E-state index in [1.54, 1.807) is 0 Å². The minimum absolute atomic E-state index is 0.00862. The highest BCUT2D eigenvalue weighted by atomic mass is 127. The monoisotopic (exact) mass is 407 g/mol. The van der Waals surface area contributed by atoms with Crippen molar-refractivity contribution in [2.75, 3.05) is 11.0 Å². The molecule has 2 aromatic carbocycles. The highest BCUT2D eigenvalue weighted by Crippen LogP contribution is 2.34. The number of hydrogen-bond donors (Lipinski definition) is 0. The van der Waals surface area contributed by atoms with Gasteiger partial charge < -0.3 is 4.74 Å². The molecule has 1 saturated heterocycles. The van der Waals surface area contributed by atoms with Crippen LogP contribution in [0.5, 0.6) is 0 Å². The molecule has 0 spiro atoms.